The highest BCUT2D eigenvalue weighted by molar-refractivity contribution is 5.75. The molecule has 1 rings (SSSR count). The van der Waals surface area contributed by atoms with Gasteiger partial charge in [-0.2, -0.15) is 0 Å². The standard InChI is InChI=1S/C11H21NO4/c1-12(2)7-9(13)6-11(10(14)15)4-3-5-16-8-11/h9,13H,3-8H2,1-2H3,(H,14,15)/t9-,11-/m1/s1. The van der Waals surface area contributed by atoms with Crippen molar-refractivity contribution in [1.29, 1.82) is 0 Å². The molecule has 0 amide bonds. The minimum atomic E-state index is -0.895. The van der Waals surface area contributed by atoms with Gasteiger partial charge in [-0.3, -0.25) is 4.79 Å². The minimum absolute atomic E-state index is 0.215. The van der Waals surface area contributed by atoms with Gasteiger partial charge in [0.2, 0.25) is 0 Å². The van der Waals surface area contributed by atoms with Gasteiger partial charge >= 0.3 is 5.97 Å². The Kier molecular flexibility index (Phi) is 4.70. The summed E-state index contributed by atoms with van der Waals surface area (Å²) in [7, 11) is 3.71. The Balaban J connectivity index is 2.60. The zero-order chi connectivity index (χ0) is 12.2. The molecule has 0 aromatic carbocycles. The molecule has 0 spiro atoms. The third-order valence-electron chi connectivity index (χ3n) is 2.98. The summed E-state index contributed by atoms with van der Waals surface area (Å²) in [6, 6.07) is 0. The van der Waals surface area contributed by atoms with Crippen LogP contribution in [0.1, 0.15) is 19.3 Å². The van der Waals surface area contributed by atoms with Crippen molar-refractivity contribution in [3.63, 3.8) is 0 Å². The number of aliphatic carboxylic acids is 1. The lowest BCUT2D eigenvalue weighted by atomic mass is 9.77. The first-order valence-corrected chi connectivity index (χ1v) is 5.60. The number of hydrogen-bond acceptors (Lipinski definition) is 4. The highest BCUT2D eigenvalue weighted by Crippen LogP contribution is 2.34. The maximum atomic E-state index is 11.3. The van der Waals surface area contributed by atoms with E-state index in [1.165, 1.54) is 0 Å². The Hall–Kier alpha value is -0.650. The van der Waals surface area contributed by atoms with Gasteiger partial charge < -0.3 is 19.8 Å². The summed E-state index contributed by atoms with van der Waals surface area (Å²) in [5.41, 5.74) is -0.895. The van der Waals surface area contributed by atoms with Gasteiger partial charge in [-0.25, -0.2) is 0 Å². The molecule has 0 aromatic rings. The lowest BCUT2D eigenvalue weighted by Gasteiger charge is -2.35. The van der Waals surface area contributed by atoms with Crippen molar-refractivity contribution in [3.05, 3.63) is 0 Å². The van der Waals surface area contributed by atoms with Crippen molar-refractivity contribution in [1.82, 2.24) is 4.90 Å². The van der Waals surface area contributed by atoms with E-state index in [1.807, 2.05) is 19.0 Å². The van der Waals surface area contributed by atoms with Crippen molar-refractivity contribution >= 4 is 5.97 Å². The molecule has 94 valence electrons. The van der Waals surface area contributed by atoms with Crippen LogP contribution in [-0.4, -0.2) is 61.0 Å². The molecule has 1 fully saturated rings. The summed E-state index contributed by atoms with van der Waals surface area (Å²) < 4.78 is 5.25. The van der Waals surface area contributed by atoms with E-state index in [1.54, 1.807) is 0 Å². The van der Waals surface area contributed by atoms with Crippen LogP contribution in [0.25, 0.3) is 0 Å². The first-order valence-electron chi connectivity index (χ1n) is 5.60. The second-order valence-corrected chi connectivity index (χ2v) is 4.86. The second kappa shape index (κ2) is 5.61. The molecular formula is C11H21NO4. The molecular weight excluding hydrogens is 210 g/mol. The van der Waals surface area contributed by atoms with Crippen LogP contribution >= 0.6 is 0 Å². The molecule has 2 N–H and O–H groups in total. The molecule has 5 nitrogen and oxygen atoms in total. The zero-order valence-corrected chi connectivity index (χ0v) is 9.98. The van der Waals surface area contributed by atoms with Crippen molar-refractivity contribution < 1.29 is 19.7 Å². The van der Waals surface area contributed by atoms with Gasteiger partial charge in [0, 0.05) is 13.2 Å². The number of carboxylic acid groups (broad SMARTS) is 1. The third-order valence-corrected chi connectivity index (χ3v) is 2.98. The lowest BCUT2D eigenvalue weighted by Crippen LogP contribution is -2.43. The second-order valence-electron chi connectivity index (χ2n) is 4.86. The summed E-state index contributed by atoms with van der Waals surface area (Å²) in [4.78, 5) is 13.1. The van der Waals surface area contributed by atoms with E-state index in [9.17, 15) is 15.0 Å². The molecule has 1 heterocycles. The van der Waals surface area contributed by atoms with E-state index in [0.717, 1.165) is 6.42 Å². The average Bonchev–Trinajstić information content (AvgIpc) is 2.17. The van der Waals surface area contributed by atoms with Crippen LogP contribution in [0, 0.1) is 5.41 Å². The lowest BCUT2D eigenvalue weighted by molar-refractivity contribution is -0.160. The number of ether oxygens (including phenoxy) is 1. The van der Waals surface area contributed by atoms with E-state index < -0.39 is 17.5 Å². The molecule has 0 aromatic heterocycles. The zero-order valence-electron chi connectivity index (χ0n) is 9.98. The number of nitrogens with zero attached hydrogens (tertiary/aromatic N) is 1. The van der Waals surface area contributed by atoms with Crippen molar-refractivity contribution in [2.75, 3.05) is 33.9 Å². The predicted octanol–water partition coefficient (Wildman–Crippen LogP) is 0.180. The molecule has 0 radical (unpaired) electrons. The van der Waals surface area contributed by atoms with E-state index >= 15 is 0 Å². The average molecular weight is 231 g/mol. The van der Waals surface area contributed by atoms with Gasteiger partial charge in [0.1, 0.15) is 0 Å². The van der Waals surface area contributed by atoms with Crippen molar-refractivity contribution in [2.45, 2.75) is 25.4 Å². The van der Waals surface area contributed by atoms with Gasteiger partial charge in [0.15, 0.2) is 0 Å². The van der Waals surface area contributed by atoms with E-state index in [-0.39, 0.29) is 13.0 Å². The molecule has 16 heavy (non-hydrogen) atoms. The van der Waals surface area contributed by atoms with E-state index in [4.69, 9.17) is 4.74 Å². The quantitative estimate of drug-likeness (QED) is 0.706. The number of carboxylic acids is 1. The first kappa shape index (κ1) is 13.4. The molecule has 1 aliphatic heterocycles. The molecule has 5 heteroatoms. The van der Waals surface area contributed by atoms with Crippen LogP contribution in [0.5, 0.6) is 0 Å². The Bertz CT molecular complexity index is 236. The fourth-order valence-corrected chi connectivity index (χ4v) is 2.21. The molecule has 2 atom stereocenters. The van der Waals surface area contributed by atoms with E-state index in [2.05, 4.69) is 0 Å². The van der Waals surface area contributed by atoms with E-state index in [0.29, 0.717) is 19.6 Å². The SMILES string of the molecule is CN(C)C[C@H](O)C[C@]1(C(=O)O)CCCOC1. The Morgan fingerprint density at radius 1 is 1.56 bits per heavy atom. The molecule has 1 saturated heterocycles. The first-order chi connectivity index (χ1) is 7.46. The molecule has 0 unspecified atom stereocenters. The topological polar surface area (TPSA) is 70.0 Å². The maximum Gasteiger partial charge on any atom is 0.312 e. The van der Waals surface area contributed by atoms with Gasteiger partial charge in [-0.1, -0.05) is 0 Å². The summed E-state index contributed by atoms with van der Waals surface area (Å²) in [5.74, 6) is -0.856. The summed E-state index contributed by atoms with van der Waals surface area (Å²) in [5, 5.41) is 19.1. The number of likely N-dealkylation sites (N-methyl/N-ethyl adjacent to an activating group) is 1. The van der Waals surface area contributed by atoms with Crippen LogP contribution in [0.3, 0.4) is 0 Å². The molecule has 0 bridgehead atoms. The van der Waals surface area contributed by atoms with Crippen LogP contribution in [0.4, 0.5) is 0 Å². The minimum Gasteiger partial charge on any atom is -0.481 e. The number of rotatable bonds is 5. The van der Waals surface area contributed by atoms with Crippen molar-refractivity contribution in [3.8, 4) is 0 Å². The molecule has 0 aliphatic carbocycles. The normalized spacial score (nSPS) is 28.0. The fraction of sp³-hybridized carbons (Fsp3) is 0.909. The van der Waals surface area contributed by atoms with Crippen molar-refractivity contribution in [2.24, 2.45) is 5.41 Å². The van der Waals surface area contributed by atoms with Gasteiger partial charge in [0.25, 0.3) is 0 Å². The third kappa shape index (κ3) is 3.43. The summed E-state index contributed by atoms with van der Waals surface area (Å²) in [6.45, 7) is 1.32. The highest BCUT2D eigenvalue weighted by Gasteiger charge is 2.42. The van der Waals surface area contributed by atoms with Crippen LogP contribution < -0.4 is 0 Å². The van der Waals surface area contributed by atoms with Gasteiger partial charge in [-0.05, 0) is 33.4 Å². The van der Waals surface area contributed by atoms with Gasteiger partial charge in [0.05, 0.1) is 18.1 Å². The van der Waals surface area contributed by atoms with Crippen LogP contribution in [-0.2, 0) is 9.53 Å². The summed E-state index contributed by atoms with van der Waals surface area (Å²) >= 11 is 0. The Morgan fingerprint density at radius 3 is 2.69 bits per heavy atom. The smallest absolute Gasteiger partial charge is 0.312 e. The largest absolute Gasteiger partial charge is 0.481 e. The summed E-state index contributed by atoms with van der Waals surface area (Å²) in [6.07, 6.45) is 0.988. The fourth-order valence-electron chi connectivity index (χ4n) is 2.21. The highest BCUT2D eigenvalue weighted by atomic mass is 16.5. The number of aliphatic hydroxyl groups excluding tert-OH is 1. The monoisotopic (exact) mass is 231 g/mol. The van der Waals surface area contributed by atoms with Gasteiger partial charge in [-0.15, -0.1) is 0 Å². The number of aliphatic hydroxyl groups is 1. The number of carbonyl (C=O) groups is 1. The Morgan fingerprint density at radius 2 is 2.25 bits per heavy atom. The van der Waals surface area contributed by atoms with Crippen LogP contribution in [0.2, 0.25) is 0 Å². The maximum absolute atomic E-state index is 11.3. The predicted molar refractivity (Wildman–Crippen MR) is 59.3 cm³/mol. The Labute approximate surface area is 96.0 Å². The van der Waals surface area contributed by atoms with Crippen LogP contribution in [0.15, 0.2) is 0 Å². The molecule has 0 saturated carbocycles. The number of hydrogen-bond donors (Lipinski definition) is 2. The molecule has 1 aliphatic rings.